The van der Waals surface area contributed by atoms with Crippen molar-refractivity contribution < 1.29 is 17.9 Å². The van der Waals surface area contributed by atoms with Crippen molar-refractivity contribution in [2.24, 2.45) is 0 Å². The summed E-state index contributed by atoms with van der Waals surface area (Å²) in [5, 5.41) is 0.401. The van der Waals surface area contributed by atoms with Gasteiger partial charge in [-0.1, -0.05) is 11.6 Å². The Labute approximate surface area is 122 Å². The number of anilines is 1. The van der Waals surface area contributed by atoms with Crippen molar-refractivity contribution in [1.82, 2.24) is 4.90 Å². The van der Waals surface area contributed by atoms with Gasteiger partial charge in [-0.25, -0.2) is 8.42 Å². The molecule has 1 aliphatic heterocycles. The van der Waals surface area contributed by atoms with Crippen LogP contribution < -0.4 is 9.04 Å². The Morgan fingerprint density at radius 3 is 2.65 bits per heavy atom. The summed E-state index contributed by atoms with van der Waals surface area (Å²) in [6.07, 6.45) is 0.216. The molecule has 1 heterocycles. The highest BCUT2D eigenvalue weighted by molar-refractivity contribution is 7.92. The van der Waals surface area contributed by atoms with Crippen LogP contribution in [0.3, 0.4) is 0 Å². The molecular formula is C12H15ClN2O4S. The van der Waals surface area contributed by atoms with Gasteiger partial charge in [0.2, 0.25) is 10.0 Å². The zero-order valence-electron chi connectivity index (χ0n) is 11.3. The van der Waals surface area contributed by atoms with Gasteiger partial charge in [-0.05, 0) is 18.2 Å². The van der Waals surface area contributed by atoms with Crippen LogP contribution in [0.2, 0.25) is 5.02 Å². The van der Waals surface area contributed by atoms with E-state index < -0.39 is 16.1 Å². The lowest BCUT2D eigenvalue weighted by atomic mass is 10.2. The normalized spacial score (nSPS) is 18.2. The maximum Gasteiger partial charge on any atom is 0.265 e. The maximum absolute atomic E-state index is 12.0. The van der Waals surface area contributed by atoms with Crippen molar-refractivity contribution in [3.63, 3.8) is 0 Å². The topological polar surface area (TPSA) is 66.9 Å². The van der Waals surface area contributed by atoms with Crippen LogP contribution in [-0.4, -0.2) is 52.2 Å². The molecule has 0 spiro atoms. The molecule has 0 bridgehead atoms. The second-order valence-electron chi connectivity index (χ2n) is 4.75. The van der Waals surface area contributed by atoms with E-state index in [2.05, 4.69) is 0 Å². The number of sulfonamides is 1. The highest BCUT2D eigenvalue weighted by Crippen LogP contribution is 2.37. The molecule has 1 atom stereocenters. The van der Waals surface area contributed by atoms with Crippen LogP contribution in [0.5, 0.6) is 5.75 Å². The van der Waals surface area contributed by atoms with Crippen LogP contribution in [0, 0.1) is 0 Å². The summed E-state index contributed by atoms with van der Waals surface area (Å²) >= 11 is 5.89. The fourth-order valence-electron chi connectivity index (χ4n) is 1.96. The van der Waals surface area contributed by atoms with Gasteiger partial charge in [0.25, 0.3) is 5.91 Å². The minimum atomic E-state index is -3.52. The van der Waals surface area contributed by atoms with Crippen LogP contribution in [0.25, 0.3) is 0 Å². The largest absolute Gasteiger partial charge is 0.476 e. The van der Waals surface area contributed by atoms with Crippen molar-refractivity contribution in [1.29, 1.82) is 0 Å². The third-order valence-corrected chi connectivity index (χ3v) is 4.29. The van der Waals surface area contributed by atoms with Gasteiger partial charge in [-0.15, -0.1) is 0 Å². The fourth-order valence-corrected chi connectivity index (χ4v) is 3.03. The first-order valence-electron chi connectivity index (χ1n) is 5.85. The number of carbonyl (C=O) groups is 1. The molecule has 1 aromatic rings. The van der Waals surface area contributed by atoms with Gasteiger partial charge in [-0.2, -0.15) is 0 Å². The SMILES string of the molecule is CN(C)C(=O)[C@@H]1CN(S(C)(=O)=O)c2cc(Cl)ccc2O1. The van der Waals surface area contributed by atoms with Crippen molar-refractivity contribution in [2.75, 3.05) is 31.2 Å². The molecule has 0 saturated heterocycles. The first kappa shape index (κ1) is 14.9. The Hall–Kier alpha value is -1.47. The Bertz CT molecular complexity index is 645. The van der Waals surface area contributed by atoms with E-state index in [0.29, 0.717) is 16.5 Å². The van der Waals surface area contributed by atoms with Crippen LogP contribution in [0.15, 0.2) is 18.2 Å². The summed E-state index contributed by atoms with van der Waals surface area (Å²) < 4.78 is 30.5. The Kier molecular flexibility index (Phi) is 3.84. The molecule has 6 nitrogen and oxygen atoms in total. The molecule has 0 fully saturated rings. The highest BCUT2D eigenvalue weighted by Gasteiger charge is 2.35. The van der Waals surface area contributed by atoms with E-state index >= 15 is 0 Å². The van der Waals surface area contributed by atoms with Crippen LogP contribution in [-0.2, 0) is 14.8 Å². The van der Waals surface area contributed by atoms with Gasteiger partial charge >= 0.3 is 0 Å². The predicted octanol–water partition coefficient (Wildman–Crippen LogP) is 0.955. The number of benzene rings is 1. The number of halogens is 1. The van der Waals surface area contributed by atoms with E-state index in [9.17, 15) is 13.2 Å². The van der Waals surface area contributed by atoms with Crippen molar-refractivity contribution in [2.45, 2.75) is 6.10 Å². The average Bonchev–Trinajstić information content (AvgIpc) is 2.35. The quantitative estimate of drug-likeness (QED) is 0.814. The van der Waals surface area contributed by atoms with Crippen LogP contribution >= 0.6 is 11.6 Å². The second kappa shape index (κ2) is 5.14. The van der Waals surface area contributed by atoms with Gasteiger partial charge in [0.05, 0.1) is 18.5 Å². The molecule has 0 aromatic heterocycles. The third-order valence-electron chi connectivity index (χ3n) is 2.91. The molecule has 0 aliphatic carbocycles. The lowest BCUT2D eigenvalue weighted by molar-refractivity contribution is -0.135. The maximum atomic E-state index is 12.0. The van der Waals surface area contributed by atoms with E-state index in [1.807, 2.05) is 0 Å². The molecule has 0 N–H and O–H groups in total. The van der Waals surface area contributed by atoms with Crippen molar-refractivity contribution in [3.05, 3.63) is 23.2 Å². The molecule has 1 aliphatic rings. The van der Waals surface area contributed by atoms with E-state index in [1.54, 1.807) is 26.2 Å². The first-order valence-corrected chi connectivity index (χ1v) is 8.08. The number of ether oxygens (including phenoxy) is 1. The lowest BCUT2D eigenvalue weighted by Gasteiger charge is -2.34. The summed E-state index contributed by atoms with van der Waals surface area (Å²) in [5.74, 6) is 0.0329. The molecule has 0 unspecified atom stereocenters. The fraction of sp³-hybridized carbons (Fsp3) is 0.417. The van der Waals surface area contributed by atoms with Gasteiger partial charge in [0.15, 0.2) is 6.10 Å². The number of hydrogen-bond acceptors (Lipinski definition) is 4. The van der Waals surface area contributed by atoms with Gasteiger partial charge in [0.1, 0.15) is 5.75 Å². The molecule has 8 heteroatoms. The zero-order valence-corrected chi connectivity index (χ0v) is 12.9. The van der Waals surface area contributed by atoms with E-state index in [0.717, 1.165) is 10.6 Å². The zero-order chi connectivity index (χ0) is 15.1. The summed E-state index contributed by atoms with van der Waals surface area (Å²) in [6, 6.07) is 4.66. The summed E-state index contributed by atoms with van der Waals surface area (Å²) in [4.78, 5) is 13.4. The van der Waals surface area contributed by atoms with Crippen molar-refractivity contribution in [3.8, 4) is 5.75 Å². The Morgan fingerprint density at radius 2 is 2.10 bits per heavy atom. The Balaban J connectivity index is 2.48. The first-order chi connectivity index (χ1) is 9.20. The van der Waals surface area contributed by atoms with E-state index in [1.165, 1.54) is 11.0 Å². The summed E-state index contributed by atoms with van der Waals surface area (Å²) in [5.41, 5.74) is 0.350. The molecule has 20 heavy (non-hydrogen) atoms. The smallest absolute Gasteiger partial charge is 0.265 e. The molecule has 0 radical (unpaired) electrons. The number of amides is 1. The van der Waals surface area contributed by atoms with Gasteiger partial charge in [-0.3, -0.25) is 9.10 Å². The van der Waals surface area contributed by atoms with E-state index in [-0.39, 0.29) is 12.5 Å². The Morgan fingerprint density at radius 1 is 1.45 bits per heavy atom. The summed E-state index contributed by atoms with van der Waals surface area (Å²) in [7, 11) is -0.342. The number of rotatable bonds is 2. The van der Waals surface area contributed by atoms with Crippen molar-refractivity contribution >= 4 is 33.2 Å². The molecule has 2 rings (SSSR count). The minimum Gasteiger partial charge on any atom is -0.476 e. The van der Waals surface area contributed by atoms with Gasteiger partial charge in [0, 0.05) is 19.1 Å². The number of fused-ring (bicyclic) bond motifs is 1. The lowest BCUT2D eigenvalue weighted by Crippen LogP contribution is -2.50. The van der Waals surface area contributed by atoms with Gasteiger partial charge < -0.3 is 9.64 Å². The molecular weight excluding hydrogens is 304 g/mol. The molecule has 110 valence electrons. The minimum absolute atomic E-state index is 0.0663. The monoisotopic (exact) mass is 318 g/mol. The predicted molar refractivity (Wildman–Crippen MR) is 76.8 cm³/mol. The van der Waals surface area contributed by atoms with Crippen LogP contribution in [0.4, 0.5) is 5.69 Å². The van der Waals surface area contributed by atoms with E-state index in [4.69, 9.17) is 16.3 Å². The number of nitrogens with zero attached hydrogens (tertiary/aromatic N) is 2. The standard InChI is InChI=1S/C12H15ClN2O4S/c1-14(2)12(16)11-7-15(20(3,17)18)9-6-8(13)4-5-10(9)19-11/h4-6,11H,7H2,1-3H3/t11-/m0/s1. The molecule has 0 saturated carbocycles. The molecule has 1 amide bonds. The number of likely N-dealkylation sites (N-methyl/N-ethyl adjacent to an activating group) is 1. The number of hydrogen-bond donors (Lipinski definition) is 0. The average molecular weight is 319 g/mol. The molecule has 1 aromatic carbocycles. The highest BCUT2D eigenvalue weighted by atomic mass is 35.5. The van der Waals surface area contributed by atoms with Crippen LogP contribution in [0.1, 0.15) is 0 Å². The number of carbonyl (C=O) groups excluding carboxylic acids is 1. The third kappa shape index (κ3) is 2.83. The summed E-state index contributed by atoms with van der Waals surface area (Å²) in [6.45, 7) is -0.0663. The second-order valence-corrected chi connectivity index (χ2v) is 7.09.